The number of nitrogens with two attached hydrogens (primary N) is 1. The number of rotatable bonds is 1. The van der Waals surface area contributed by atoms with E-state index in [1.165, 1.54) is 0 Å². The number of para-hydroxylation sites is 1. The molecule has 0 unspecified atom stereocenters. The lowest BCUT2D eigenvalue weighted by molar-refractivity contribution is 0.475. The number of aryl methyl sites for hydroxylation is 1. The third-order valence-electron chi connectivity index (χ3n) is 4.03. The number of anilines is 1. The van der Waals surface area contributed by atoms with Gasteiger partial charge in [0.25, 0.3) is 0 Å². The van der Waals surface area contributed by atoms with E-state index in [9.17, 15) is 5.11 Å². The number of nitrogen functional groups attached to an aromatic ring is 1. The van der Waals surface area contributed by atoms with Crippen LogP contribution < -0.4 is 5.73 Å². The second-order valence-corrected chi connectivity index (χ2v) is 5.51. The molecule has 0 amide bonds. The summed E-state index contributed by atoms with van der Waals surface area (Å²) < 4.78 is 5.95. The van der Waals surface area contributed by atoms with Crippen molar-refractivity contribution in [2.45, 2.75) is 6.92 Å². The van der Waals surface area contributed by atoms with Gasteiger partial charge in [0.1, 0.15) is 11.3 Å². The average molecular weight is 289 g/mol. The van der Waals surface area contributed by atoms with Crippen molar-refractivity contribution in [1.82, 2.24) is 0 Å². The Kier molecular flexibility index (Phi) is 2.63. The zero-order valence-electron chi connectivity index (χ0n) is 12.1. The molecular formula is C19H15NO2. The number of aromatic hydroxyl groups is 1. The van der Waals surface area contributed by atoms with Gasteiger partial charge in [-0.05, 0) is 47.9 Å². The number of furan rings is 1. The highest BCUT2D eigenvalue weighted by atomic mass is 16.3. The van der Waals surface area contributed by atoms with Crippen LogP contribution in [0.2, 0.25) is 0 Å². The van der Waals surface area contributed by atoms with Gasteiger partial charge in [-0.1, -0.05) is 30.3 Å². The van der Waals surface area contributed by atoms with Crippen molar-refractivity contribution in [3.63, 3.8) is 0 Å². The van der Waals surface area contributed by atoms with Crippen LogP contribution in [-0.4, -0.2) is 5.11 Å². The highest BCUT2D eigenvalue weighted by Gasteiger charge is 2.17. The molecule has 0 saturated heterocycles. The van der Waals surface area contributed by atoms with Crippen LogP contribution in [0.1, 0.15) is 5.56 Å². The van der Waals surface area contributed by atoms with Crippen molar-refractivity contribution >= 4 is 27.6 Å². The first-order chi connectivity index (χ1) is 10.6. The molecule has 0 spiro atoms. The number of phenolic OH excluding ortho intramolecular Hbond substituents is 1. The first-order valence-electron chi connectivity index (χ1n) is 7.15. The predicted molar refractivity (Wildman–Crippen MR) is 90.0 cm³/mol. The Labute approximate surface area is 127 Å². The molecule has 0 radical (unpaired) electrons. The lowest BCUT2D eigenvalue weighted by atomic mass is 9.94. The van der Waals surface area contributed by atoms with Crippen molar-refractivity contribution in [3.05, 3.63) is 60.2 Å². The molecule has 3 aromatic carbocycles. The molecule has 108 valence electrons. The lowest BCUT2D eigenvalue weighted by Gasteiger charge is -2.10. The summed E-state index contributed by atoms with van der Waals surface area (Å²) in [5.74, 6) is 0.255. The Morgan fingerprint density at radius 1 is 1.00 bits per heavy atom. The summed E-state index contributed by atoms with van der Waals surface area (Å²) in [6.07, 6.45) is 0. The summed E-state index contributed by atoms with van der Waals surface area (Å²) in [5, 5.41) is 11.6. The standard InChI is InChI=1S/C19H15NO2/c1-11-10-15(20)19-18(14-4-2-3-5-16(14)22-19)17(11)12-6-8-13(21)9-7-12/h2-10,21H,20H2,1H3. The Morgan fingerprint density at radius 3 is 2.50 bits per heavy atom. The fourth-order valence-electron chi connectivity index (χ4n) is 3.07. The van der Waals surface area contributed by atoms with E-state index >= 15 is 0 Å². The first-order valence-corrected chi connectivity index (χ1v) is 7.15. The fourth-order valence-corrected chi connectivity index (χ4v) is 3.07. The number of hydrogen-bond acceptors (Lipinski definition) is 3. The molecule has 3 nitrogen and oxygen atoms in total. The monoisotopic (exact) mass is 289 g/mol. The van der Waals surface area contributed by atoms with Crippen LogP contribution in [0.25, 0.3) is 33.1 Å². The highest BCUT2D eigenvalue weighted by molar-refractivity contribution is 6.16. The van der Waals surface area contributed by atoms with Crippen molar-refractivity contribution in [1.29, 1.82) is 0 Å². The fraction of sp³-hybridized carbons (Fsp3) is 0.0526. The van der Waals surface area contributed by atoms with Crippen LogP contribution in [0, 0.1) is 6.92 Å². The van der Waals surface area contributed by atoms with Crippen LogP contribution >= 0.6 is 0 Å². The smallest absolute Gasteiger partial charge is 0.158 e. The van der Waals surface area contributed by atoms with E-state index in [1.54, 1.807) is 12.1 Å². The van der Waals surface area contributed by atoms with Gasteiger partial charge in [-0.2, -0.15) is 0 Å². The van der Waals surface area contributed by atoms with Crippen LogP contribution in [0.5, 0.6) is 5.75 Å². The van der Waals surface area contributed by atoms with E-state index in [4.69, 9.17) is 10.2 Å². The van der Waals surface area contributed by atoms with Crippen molar-refractivity contribution in [3.8, 4) is 16.9 Å². The Morgan fingerprint density at radius 2 is 1.73 bits per heavy atom. The second-order valence-electron chi connectivity index (χ2n) is 5.51. The number of benzene rings is 3. The summed E-state index contributed by atoms with van der Waals surface area (Å²) >= 11 is 0. The van der Waals surface area contributed by atoms with Crippen LogP contribution in [0.4, 0.5) is 5.69 Å². The molecule has 22 heavy (non-hydrogen) atoms. The second kappa shape index (κ2) is 4.53. The van der Waals surface area contributed by atoms with Crippen LogP contribution in [-0.2, 0) is 0 Å². The zero-order chi connectivity index (χ0) is 15.3. The molecule has 0 fully saturated rings. The van der Waals surface area contributed by atoms with E-state index < -0.39 is 0 Å². The molecule has 0 aliphatic rings. The molecule has 0 saturated carbocycles. The molecule has 4 rings (SSSR count). The topological polar surface area (TPSA) is 59.4 Å². The predicted octanol–water partition coefficient (Wildman–Crippen LogP) is 4.85. The molecule has 3 N–H and O–H groups in total. The maximum atomic E-state index is 9.52. The van der Waals surface area contributed by atoms with E-state index in [2.05, 4.69) is 0 Å². The molecule has 1 heterocycles. The quantitative estimate of drug-likeness (QED) is 0.492. The minimum atomic E-state index is 0.255. The number of hydrogen-bond donors (Lipinski definition) is 2. The van der Waals surface area contributed by atoms with Gasteiger partial charge in [-0.25, -0.2) is 0 Å². The number of fused-ring (bicyclic) bond motifs is 3. The Balaban J connectivity index is 2.19. The van der Waals surface area contributed by atoms with E-state index in [0.717, 1.165) is 38.6 Å². The average Bonchev–Trinajstić information content (AvgIpc) is 2.89. The molecule has 1 aromatic heterocycles. The molecule has 0 atom stereocenters. The third kappa shape index (κ3) is 1.76. The van der Waals surface area contributed by atoms with Gasteiger partial charge < -0.3 is 15.3 Å². The minimum Gasteiger partial charge on any atom is -0.508 e. The lowest BCUT2D eigenvalue weighted by Crippen LogP contribution is -1.91. The van der Waals surface area contributed by atoms with Crippen LogP contribution in [0.3, 0.4) is 0 Å². The van der Waals surface area contributed by atoms with Gasteiger partial charge in [0.15, 0.2) is 5.58 Å². The summed E-state index contributed by atoms with van der Waals surface area (Å²) in [6, 6.07) is 17.1. The van der Waals surface area contributed by atoms with Crippen LogP contribution in [0.15, 0.2) is 59.0 Å². The maximum Gasteiger partial charge on any atom is 0.158 e. The summed E-state index contributed by atoms with van der Waals surface area (Å²) in [6.45, 7) is 2.04. The largest absolute Gasteiger partial charge is 0.508 e. The summed E-state index contributed by atoms with van der Waals surface area (Å²) in [7, 11) is 0. The zero-order valence-corrected chi connectivity index (χ0v) is 12.1. The van der Waals surface area contributed by atoms with Gasteiger partial charge in [-0.15, -0.1) is 0 Å². The summed E-state index contributed by atoms with van der Waals surface area (Å²) in [5.41, 5.74) is 11.6. The molecule has 3 heteroatoms. The molecule has 0 aliphatic heterocycles. The summed E-state index contributed by atoms with van der Waals surface area (Å²) in [4.78, 5) is 0. The Bertz CT molecular complexity index is 997. The molecule has 0 aliphatic carbocycles. The van der Waals surface area contributed by atoms with E-state index in [1.807, 2.05) is 49.4 Å². The SMILES string of the molecule is Cc1cc(N)c2oc3ccccc3c2c1-c1ccc(O)cc1. The minimum absolute atomic E-state index is 0.255. The van der Waals surface area contributed by atoms with Crippen molar-refractivity contribution in [2.75, 3.05) is 5.73 Å². The normalized spacial score (nSPS) is 11.3. The van der Waals surface area contributed by atoms with E-state index in [-0.39, 0.29) is 5.75 Å². The van der Waals surface area contributed by atoms with Gasteiger partial charge in [0.2, 0.25) is 0 Å². The maximum absolute atomic E-state index is 9.52. The van der Waals surface area contributed by atoms with Gasteiger partial charge in [-0.3, -0.25) is 0 Å². The highest BCUT2D eigenvalue weighted by Crippen LogP contribution is 2.41. The molecule has 4 aromatic rings. The van der Waals surface area contributed by atoms with Crippen molar-refractivity contribution < 1.29 is 9.52 Å². The third-order valence-corrected chi connectivity index (χ3v) is 4.03. The Hall–Kier alpha value is -2.94. The van der Waals surface area contributed by atoms with Crippen molar-refractivity contribution in [2.24, 2.45) is 0 Å². The van der Waals surface area contributed by atoms with Gasteiger partial charge in [0.05, 0.1) is 5.69 Å². The first kappa shape index (κ1) is 12.8. The molecule has 0 bridgehead atoms. The van der Waals surface area contributed by atoms with Gasteiger partial charge >= 0.3 is 0 Å². The van der Waals surface area contributed by atoms with Gasteiger partial charge in [0, 0.05) is 10.8 Å². The number of phenols is 1. The molecular weight excluding hydrogens is 274 g/mol. The van der Waals surface area contributed by atoms with E-state index in [0.29, 0.717) is 5.69 Å².